The van der Waals surface area contributed by atoms with Crippen LogP contribution >= 0.6 is 22.9 Å². The molecule has 2 aliphatic rings. The van der Waals surface area contributed by atoms with Crippen molar-refractivity contribution in [2.24, 2.45) is 0 Å². The first-order chi connectivity index (χ1) is 26.7. The number of thiophene rings is 1. The number of carbonyl (C=O) groups is 3. The molecule has 1 unspecified atom stereocenters. The second-order valence-corrected chi connectivity index (χ2v) is 16.7. The molecule has 2 atom stereocenters. The fourth-order valence-electron chi connectivity index (χ4n) is 7.51. The Hall–Kier alpha value is -5.28. The summed E-state index contributed by atoms with van der Waals surface area (Å²) in [5.41, 5.74) is 5.81. The van der Waals surface area contributed by atoms with Gasteiger partial charge in [0, 0.05) is 94.8 Å². The number of hydrogen-bond donors (Lipinski definition) is 5. The molecule has 6 aromatic rings. The summed E-state index contributed by atoms with van der Waals surface area (Å²) in [6, 6.07) is 16.3. The minimum atomic E-state index is -1.06. The van der Waals surface area contributed by atoms with Gasteiger partial charge in [0.05, 0.1) is 10.4 Å². The van der Waals surface area contributed by atoms with Crippen LogP contribution in [0.5, 0.6) is 5.75 Å². The number of fused-ring (bicyclic) bond motifs is 5. The highest BCUT2D eigenvalue weighted by Gasteiger charge is 2.37. The Morgan fingerprint density at radius 3 is 2.34 bits per heavy atom. The Morgan fingerprint density at radius 2 is 1.64 bits per heavy atom. The Bertz CT molecular complexity index is 2490. The van der Waals surface area contributed by atoms with E-state index in [0.29, 0.717) is 54.0 Å². The third-order valence-electron chi connectivity index (χ3n) is 10.3. The number of aromatic amines is 2. The van der Waals surface area contributed by atoms with Gasteiger partial charge in [0.2, 0.25) is 0 Å². The number of amides is 3. The maximum absolute atomic E-state index is 13.4. The smallest absolute Gasteiger partial charge is 0.415 e. The molecule has 3 amide bonds. The predicted molar refractivity (Wildman–Crippen MR) is 222 cm³/mol. The van der Waals surface area contributed by atoms with Crippen LogP contribution in [0.15, 0.2) is 60.0 Å². The number of halogens is 1. The van der Waals surface area contributed by atoms with Crippen molar-refractivity contribution in [1.29, 1.82) is 0 Å². The van der Waals surface area contributed by atoms with Gasteiger partial charge in [-0.25, -0.2) is 9.59 Å². The second kappa shape index (κ2) is 14.7. The van der Waals surface area contributed by atoms with Crippen LogP contribution in [0.1, 0.15) is 60.2 Å². The Balaban J connectivity index is 1.02. The van der Waals surface area contributed by atoms with Gasteiger partial charge in [-0.1, -0.05) is 0 Å². The molecule has 5 heterocycles. The van der Waals surface area contributed by atoms with Crippen LogP contribution < -0.4 is 20.3 Å². The molecule has 1 saturated heterocycles. The van der Waals surface area contributed by atoms with E-state index in [0.717, 1.165) is 61.8 Å². The number of alkyl halides is 1. The minimum Gasteiger partial charge on any atom is -0.444 e. The van der Waals surface area contributed by atoms with E-state index in [1.807, 2.05) is 43.1 Å². The minimum absolute atomic E-state index is 0.0526. The molecule has 3 aromatic heterocycles. The summed E-state index contributed by atoms with van der Waals surface area (Å²) in [6.45, 7) is 10.7. The number of H-pyrrole nitrogens is 2. The van der Waals surface area contributed by atoms with Gasteiger partial charge >= 0.3 is 12.2 Å². The average Bonchev–Trinajstić information content (AvgIpc) is 3.94. The number of benzene rings is 3. The molecule has 8 rings (SSSR count). The average molecular weight is 798 g/mol. The highest BCUT2D eigenvalue weighted by molar-refractivity contribution is 7.17. The van der Waals surface area contributed by atoms with E-state index >= 15 is 0 Å². The zero-order chi connectivity index (χ0) is 39.5. The van der Waals surface area contributed by atoms with Gasteiger partial charge in [0.1, 0.15) is 11.3 Å². The first kappa shape index (κ1) is 37.6. The van der Waals surface area contributed by atoms with Crippen LogP contribution in [-0.2, 0) is 4.74 Å². The summed E-state index contributed by atoms with van der Waals surface area (Å²) in [7, 11) is 2.04. The number of piperazine rings is 1. The van der Waals surface area contributed by atoms with Crippen LogP contribution in [0.4, 0.5) is 26.7 Å². The van der Waals surface area contributed by atoms with Crippen molar-refractivity contribution in [3.05, 3.63) is 82.5 Å². The van der Waals surface area contributed by atoms with Crippen molar-refractivity contribution in [3.63, 3.8) is 0 Å². The number of ether oxygens (including phenoxy) is 2. The molecule has 13 nitrogen and oxygen atoms in total. The van der Waals surface area contributed by atoms with Gasteiger partial charge in [-0.15, -0.1) is 22.9 Å². The number of aryl methyl sites for hydroxylation is 1. The van der Waals surface area contributed by atoms with Crippen molar-refractivity contribution < 1.29 is 29.0 Å². The molecule has 1 fully saturated rings. The molecule has 56 heavy (non-hydrogen) atoms. The molecule has 15 heteroatoms. The van der Waals surface area contributed by atoms with E-state index in [2.05, 4.69) is 30.9 Å². The molecular formula is C41H44ClN7O6S. The number of rotatable bonds is 7. The second-order valence-electron chi connectivity index (χ2n) is 15.6. The molecule has 0 bridgehead atoms. The third-order valence-corrected chi connectivity index (χ3v) is 11.8. The quantitative estimate of drug-likeness (QED) is 0.101. The van der Waals surface area contributed by atoms with E-state index < -0.39 is 17.9 Å². The largest absolute Gasteiger partial charge is 0.444 e. The number of hydrogen-bond acceptors (Lipinski definition) is 9. The molecule has 0 radical (unpaired) electrons. The summed E-state index contributed by atoms with van der Waals surface area (Å²) in [4.78, 5) is 51.3. The van der Waals surface area contributed by atoms with E-state index in [4.69, 9.17) is 21.1 Å². The van der Waals surface area contributed by atoms with Gasteiger partial charge in [-0.2, -0.15) is 0 Å². The van der Waals surface area contributed by atoms with Gasteiger partial charge in [-0.05, 0) is 99.8 Å². The van der Waals surface area contributed by atoms with E-state index in [1.165, 1.54) is 0 Å². The molecule has 0 saturated carbocycles. The molecular weight excluding hydrogens is 754 g/mol. The van der Waals surface area contributed by atoms with Crippen molar-refractivity contribution >= 4 is 90.0 Å². The summed E-state index contributed by atoms with van der Waals surface area (Å²) < 4.78 is 12.3. The maximum atomic E-state index is 13.4. The lowest BCUT2D eigenvalue weighted by Gasteiger charge is -2.31. The fourth-order valence-corrected chi connectivity index (χ4v) is 8.78. The number of likely N-dealkylation sites (N-methyl/N-ethyl adjacent to an activating group) is 1. The van der Waals surface area contributed by atoms with Crippen LogP contribution in [0.25, 0.3) is 31.9 Å². The van der Waals surface area contributed by atoms with Crippen LogP contribution in [0, 0.1) is 6.92 Å². The zero-order valence-corrected chi connectivity index (χ0v) is 33.4. The van der Waals surface area contributed by atoms with Crippen LogP contribution in [-0.4, -0.2) is 94.2 Å². The first-order valence-corrected chi connectivity index (χ1v) is 19.9. The molecule has 5 N–H and O–H groups in total. The van der Waals surface area contributed by atoms with Crippen LogP contribution in [0.2, 0.25) is 0 Å². The summed E-state index contributed by atoms with van der Waals surface area (Å²) in [5, 5.41) is 22.3. The summed E-state index contributed by atoms with van der Waals surface area (Å²) in [5.74, 6) is 0.441. The van der Waals surface area contributed by atoms with Gasteiger partial charge < -0.3 is 44.6 Å². The standard InChI is InChI=1S/C41H44ClN7O6S/c1-22-21-56-36-33(54-40(53)48-12-10-47(5)11-13-48)18-32-35(34(22)36)25(19-42)20-49(32)38(51)31-17-24-14-26(6-8-29(24)46-31)43-37(50)30-16-23-15-27(7-9-28(23)45-30)44-39(52)55-41(2,3)4/h6-9,14-18,21,25,38,45-46,51H,10-13,19-20H2,1-5H3,(H,43,50)(H,44,52)/t25-,38?/m1/s1. The summed E-state index contributed by atoms with van der Waals surface area (Å²) in [6.07, 6.45) is -2.01. The number of carbonyl (C=O) groups excluding carboxylic acids is 3. The molecule has 0 spiro atoms. The van der Waals surface area contributed by atoms with Crippen LogP contribution in [0.3, 0.4) is 0 Å². The predicted octanol–water partition coefficient (Wildman–Crippen LogP) is 8.35. The third kappa shape index (κ3) is 7.37. The highest BCUT2D eigenvalue weighted by atomic mass is 35.5. The van der Waals surface area contributed by atoms with Crippen molar-refractivity contribution in [3.8, 4) is 5.75 Å². The number of nitrogens with one attached hydrogen (secondary N) is 4. The monoisotopic (exact) mass is 797 g/mol. The number of aliphatic hydroxyl groups excluding tert-OH is 1. The Labute approximate surface area is 332 Å². The van der Waals surface area contributed by atoms with E-state index in [-0.39, 0.29) is 17.9 Å². The maximum Gasteiger partial charge on any atom is 0.415 e. The lowest BCUT2D eigenvalue weighted by Crippen LogP contribution is -2.48. The first-order valence-electron chi connectivity index (χ1n) is 18.5. The summed E-state index contributed by atoms with van der Waals surface area (Å²) >= 11 is 8.12. The SMILES string of the molecule is Cc1csc2c(OC(=O)N3CCN(C)CC3)cc3c(c12)[C@H](CCl)CN3C(O)c1cc2cc(NC(=O)c3cc4cc(NC(=O)OC(C)(C)C)ccc4[nH]3)ccc2[nH]1. The number of nitrogens with zero attached hydrogens (tertiary/aromatic N) is 3. The molecule has 0 aliphatic carbocycles. The van der Waals surface area contributed by atoms with Crippen molar-refractivity contribution in [2.75, 3.05) is 61.2 Å². The zero-order valence-electron chi connectivity index (χ0n) is 31.8. The van der Waals surface area contributed by atoms with Gasteiger partial charge in [-0.3, -0.25) is 10.1 Å². The lowest BCUT2D eigenvalue weighted by molar-refractivity contribution is 0.0635. The Morgan fingerprint density at radius 1 is 0.964 bits per heavy atom. The van der Waals surface area contributed by atoms with E-state index in [1.54, 1.807) is 67.3 Å². The Kier molecular flexibility index (Phi) is 9.85. The van der Waals surface area contributed by atoms with Gasteiger partial charge in [0.15, 0.2) is 12.0 Å². The normalized spacial score (nSPS) is 16.7. The number of anilines is 3. The number of aromatic nitrogens is 2. The fraction of sp³-hybridized carbons (Fsp3) is 0.341. The lowest BCUT2D eigenvalue weighted by atomic mass is 9.97. The molecule has 292 valence electrons. The van der Waals surface area contributed by atoms with Crippen molar-refractivity contribution in [2.45, 2.75) is 45.4 Å². The molecule has 3 aromatic carbocycles. The van der Waals surface area contributed by atoms with Gasteiger partial charge in [0.25, 0.3) is 5.91 Å². The van der Waals surface area contributed by atoms with E-state index in [9.17, 15) is 19.5 Å². The van der Waals surface area contributed by atoms with Crippen molar-refractivity contribution in [1.82, 2.24) is 19.8 Å². The topological polar surface area (TPSA) is 155 Å². The molecule has 2 aliphatic heterocycles. The highest BCUT2D eigenvalue weighted by Crippen LogP contribution is 2.50. The number of aliphatic hydroxyl groups is 1.